The van der Waals surface area contributed by atoms with Crippen molar-refractivity contribution in [2.75, 3.05) is 45.7 Å². The van der Waals surface area contributed by atoms with Gasteiger partial charge in [0.2, 0.25) is 5.91 Å². The SMILES string of the molecule is COc1cc(NC2=N[N+]3(N4CCN(C(C)=O)CC4)C=CN=CC3=N2)cc(OC)c1. The van der Waals surface area contributed by atoms with Crippen molar-refractivity contribution in [2.24, 2.45) is 15.1 Å². The van der Waals surface area contributed by atoms with E-state index in [2.05, 4.69) is 20.3 Å². The summed E-state index contributed by atoms with van der Waals surface area (Å²) in [5.74, 6) is 2.58. The van der Waals surface area contributed by atoms with Gasteiger partial charge in [-0.25, -0.2) is 0 Å². The number of quaternary nitrogens is 1. The average Bonchev–Trinajstić information content (AvgIpc) is 3.12. The number of ether oxygens (including phenoxy) is 2. The van der Waals surface area contributed by atoms with Crippen LogP contribution in [-0.4, -0.2) is 78.9 Å². The van der Waals surface area contributed by atoms with Gasteiger partial charge < -0.3 is 19.7 Å². The molecule has 1 saturated heterocycles. The molecule has 152 valence electrons. The van der Waals surface area contributed by atoms with Gasteiger partial charge in [0.1, 0.15) is 17.7 Å². The molecule has 0 spiro atoms. The smallest absolute Gasteiger partial charge is 0.301 e. The Kier molecular flexibility index (Phi) is 5.03. The van der Waals surface area contributed by atoms with Crippen molar-refractivity contribution in [1.29, 1.82) is 0 Å². The number of hydrogen-bond donors (Lipinski definition) is 1. The molecule has 0 radical (unpaired) electrons. The predicted octanol–water partition coefficient (Wildman–Crippen LogP) is 1.25. The van der Waals surface area contributed by atoms with Crippen LogP contribution in [0.5, 0.6) is 11.5 Å². The Morgan fingerprint density at radius 3 is 2.41 bits per heavy atom. The molecule has 29 heavy (non-hydrogen) atoms. The zero-order chi connectivity index (χ0) is 20.4. The lowest BCUT2D eigenvalue weighted by molar-refractivity contribution is -0.918. The number of carbonyl (C=O) groups is 1. The molecular formula is C19H24N7O3+. The van der Waals surface area contributed by atoms with Gasteiger partial charge in [0.25, 0.3) is 5.96 Å². The molecule has 1 aromatic carbocycles. The molecule has 1 fully saturated rings. The molecule has 0 saturated carbocycles. The first kappa shape index (κ1) is 19.1. The number of fused-ring (bicyclic) bond motifs is 1. The van der Waals surface area contributed by atoms with E-state index in [0.717, 1.165) is 5.69 Å². The van der Waals surface area contributed by atoms with Gasteiger partial charge in [0.15, 0.2) is 6.20 Å². The highest BCUT2D eigenvalue weighted by molar-refractivity contribution is 6.30. The van der Waals surface area contributed by atoms with Gasteiger partial charge in [-0.1, -0.05) is 0 Å². The maximum Gasteiger partial charge on any atom is 0.301 e. The van der Waals surface area contributed by atoms with Crippen molar-refractivity contribution in [2.45, 2.75) is 6.92 Å². The predicted molar refractivity (Wildman–Crippen MR) is 110 cm³/mol. The monoisotopic (exact) mass is 398 g/mol. The van der Waals surface area contributed by atoms with Crippen molar-refractivity contribution < 1.29 is 19.0 Å². The summed E-state index contributed by atoms with van der Waals surface area (Å²) in [6.07, 6.45) is 5.32. The minimum absolute atomic E-state index is 0.0912. The Balaban J connectivity index is 1.60. The normalized spacial score (nSPS) is 23.3. The summed E-state index contributed by atoms with van der Waals surface area (Å²) in [6.45, 7) is 4.26. The van der Waals surface area contributed by atoms with E-state index in [-0.39, 0.29) is 10.6 Å². The van der Waals surface area contributed by atoms with Gasteiger partial charge in [0.05, 0.1) is 33.5 Å². The molecule has 0 aliphatic carbocycles. The molecule has 1 amide bonds. The van der Waals surface area contributed by atoms with Gasteiger partial charge in [-0.2, -0.15) is 0 Å². The molecule has 0 aromatic heterocycles. The molecule has 1 atom stereocenters. The van der Waals surface area contributed by atoms with E-state index in [1.54, 1.807) is 39.6 Å². The number of piperazine rings is 1. The Hall–Kier alpha value is -3.24. The highest BCUT2D eigenvalue weighted by Gasteiger charge is 2.47. The fourth-order valence-electron chi connectivity index (χ4n) is 3.54. The van der Waals surface area contributed by atoms with Crippen LogP contribution in [0.1, 0.15) is 6.92 Å². The van der Waals surface area contributed by atoms with Crippen LogP contribution >= 0.6 is 0 Å². The number of rotatable bonds is 4. The molecule has 1 N–H and O–H groups in total. The van der Waals surface area contributed by atoms with E-state index in [1.807, 2.05) is 23.2 Å². The second kappa shape index (κ2) is 7.64. The fraction of sp³-hybridized carbons (Fsp3) is 0.368. The number of amides is 1. The number of methoxy groups -OCH3 is 2. The molecule has 0 bridgehead atoms. The Labute approximate surface area is 169 Å². The zero-order valence-corrected chi connectivity index (χ0v) is 16.7. The number of amidine groups is 1. The third kappa shape index (κ3) is 3.59. The molecule has 4 rings (SSSR count). The first-order valence-electron chi connectivity index (χ1n) is 9.34. The number of carbonyl (C=O) groups excluding carboxylic acids is 1. The highest BCUT2D eigenvalue weighted by atomic mass is 16.5. The van der Waals surface area contributed by atoms with E-state index in [9.17, 15) is 4.79 Å². The summed E-state index contributed by atoms with van der Waals surface area (Å²) in [7, 11) is 3.21. The molecule has 10 nitrogen and oxygen atoms in total. The lowest BCUT2D eigenvalue weighted by Crippen LogP contribution is -2.62. The Morgan fingerprint density at radius 2 is 1.79 bits per heavy atom. The number of guanidine groups is 1. The van der Waals surface area contributed by atoms with Gasteiger partial charge in [-0.3, -0.25) is 9.79 Å². The van der Waals surface area contributed by atoms with Crippen LogP contribution in [0.15, 0.2) is 45.7 Å². The number of nitrogens with zero attached hydrogens (tertiary/aromatic N) is 6. The van der Waals surface area contributed by atoms with Crippen LogP contribution < -0.4 is 14.8 Å². The fourth-order valence-corrected chi connectivity index (χ4v) is 3.54. The molecule has 1 aromatic rings. The summed E-state index contributed by atoms with van der Waals surface area (Å²) >= 11 is 0. The number of anilines is 1. The van der Waals surface area contributed by atoms with E-state index in [0.29, 0.717) is 49.5 Å². The van der Waals surface area contributed by atoms with E-state index < -0.39 is 0 Å². The van der Waals surface area contributed by atoms with Crippen molar-refractivity contribution in [3.63, 3.8) is 0 Å². The maximum atomic E-state index is 11.7. The number of aliphatic imine (C=N–C) groups is 2. The third-order valence-corrected chi connectivity index (χ3v) is 5.10. The molecule has 3 aliphatic heterocycles. The van der Waals surface area contributed by atoms with Crippen LogP contribution in [0.4, 0.5) is 5.69 Å². The Morgan fingerprint density at radius 1 is 1.10 bits per heavy atom. The average molecular weight is 398 g/mol. The standard InChI is InChI=1S/C19H24N7O3/c1-14(27)24-5-7-25(8-6-24)26-9-4-20-13-18(26)22-19(23-26)21-15-10-16(28-2)12-17(11-15)29-3/h4,9-13H,5-8H2,1-3H3,(H,21,23)/q+1. The topological polar surface area (TPSA) is 91.1 Å². The quantitative estimate of drug-likeness (QED) is 0.771. The minimum atomic E-state index is 0.0912. The zero-order valence-electron chi connectivity index (χ0n) is 16.7. The van der Waals surface area contributed by atoms with Gasteiger partial charge in [-0.05, 0) is 9.80 Å². The van der Waals surface area contributed by atoms with Crippen molar-refractivity contribution >= 4 is 29.6 Å². The lowest BCUT2D eigenvalue weighted by Gasteiger charge is -2.40. The summed E-state index contributed by atoms with van der Waals surface area (Å²) < 4.78 is 10.8. The molecule has 10 heteroatoms. The lowest BCUT2D eigenvalue weighted by atomic mass is 10.3. The maximum absolute atomic E-state index is 11.7. The van der Waals surface area contributed by atoms with Gasteiger partial charge in [0, 0.05) is 43.9 Å². The first-order chi connectivity index (χ1) is 14.0. The largest absolute Gasteiger partial charge is 0.497 e. The summed E-state index contributed by atoms with van der Waals surface area (Å²) in [5, 5.41) is 10.2. The summed E-state index contributed by atoms with van der Waals surface area (Å²) in [6, 6.07) is 5.50. The van der Waals surface area contributed by atoms with Gasteiger partial charge in [-0.15, -0.1) is 10.0 Å². The van der Waals surface area contributed by atoms with Crippen LogP contribution in [0, 0.1) is 0 Å². The van der Waals surface area contributed by atoms with Gasteiger partial charge >= 0.3 is 5.84 Å². The second-order valence-electron chi connectivity index (χ2n) is 6.81. The van der Waals surface area contributed by atoms with Crippen molar-refractivity contribution in [1.82, 2.24) is 9.91 Å². The highest BCUT2D eigenvalue weighted by Crippen LogP contribution is 2.29. The number of hydrogen-bond acceptors (Lipinski definition) is 8. The van der Waals surface area contributed by atoms with Crippen molar-refractivity contribution in [3.05, 3.63) is 30.6 Å². The Bertz CT molecular complexity index is 909. The molecule has 1 unspecified atom stereocenters. The first-order valence-corrected chi connectivity index (χ1v) is 9.34. The van der Waals surface area contributed by atoms with Crippen molar-refractivity contribution in [3.8, 4) is 11.5 Å². The van der Waals surface area contributed by atoms with E-state index in [1.165, 1.54) is 0 Å². The molecule has 3 heterocycles. The summed E-state index contributed by atoms with van der Waals surface area (Å²) in [4.78, 5) is 22.4. The summed E-state index contributed by atoms with van der Waals surface area (Å²) in [5.41, 5.74) is 0.754. The number of nitrogens with one attached hydrogen (secondary N) is 1. The number of benzene rings is 1. The molecule has 3 aliphatic rings. The van der Waals surface area contributed by atoms with E-state index in [4.69, 9.17) is 14.6 Å². The van der Waals surface area contributed by atoms with E-state index >= 15 is 0 Å². The third-order valence-electron chi connectivity index (χ3n) is 5.10. The van der Waals surface area contributed by atoms with Crippen LogP contribution in [0.2, 0.25) is 0 Å². The molecular weight excluding hydrogens is 374 g/mol. The van der Waals surface area contributed by atoms with Crippen LogP contribution in [-0.2, 0) is 4.79 Å². The minimum Gasteiger partial charge on any atom is -0.497 e. The second-order valence-corrected chi connectivity index (χ2v) is 6.81. The van der Waals surface area contributed by atoms with Crippen LogP contribution in [0.3, 0.4) is 0 Å². The van der Waals surface area contributed by atoms with Crippen LogP contribution in [0.25, 0.3) is 0 Å².